The van der Waals surface area contributed by atoms with Crippen molar-refractivity contribution in [1.82, 2.24) is 16.2 Å². The minimum absolute atomic E-state index is 0.0493. The lowest BCUT2D eigenvalue weighted by Crippen LogP contribution is -2.48. The summed E-state index contributed by atoms with van der Waals surface area (Å²) in [5.74, 6) is -0.410. The zero-order valence-electron chi connectivity index (χ0n) is 15.1. The Kier molecular flexibility index (Phi) is 8.69. The molecule has 0 heterocycles. The molecule has 148 valence electrons. The fourth-order valence-corrected chi connectivity index (χ4v) is 2.75. The molecule has 2 rings (SSSR count). The molecular formula is C19H19BrClN3O3S. The molecule has 0 aliphatic heterocycles. The van der Waals surface area contributed by atoms with E-state index >= 15 is 0 Å². The van der Waals surface area contributed by atoms with Crippen molar-refractivity contribution < 1.29 is 14.3 Å². The van der Waals surface area contributed by atoms with Gasteiger partial charge in [0.2, 0.25) is 0 Å². The van der Waals surface area contributed by atoms with Gasteiger partial charge in [0.15, 0.2) is 5.11 Å². The predicted molar refractivity (Wildman–Crippen MR) is 117 cm³/mol. The molecule has 6 nitrogen and oxygen atoms in total. The summed E-state index contributed by atoms with van der Waals surface area (Å²) in [5.41, 5.74) is 5.64. The quantitative estimate of drug-likeness (QED) is 0.325. The number of rotatable bonds is 6. The number of hydrazine groups is 1. The number of thiocarbonyl (C=S) groups is 1. The smallest absolute Gasteiger partial charge is 0.269 e. The van der Waals surface area contributed by atoms with Gasteiger partial charge in [-0.05, 0) is 61.1 Å². The van der Waals surface area contributed by atoms with E-state index in [2.05, 4.69) is 39.0 Å². The molecule has 0 atom stereocenters. The van der Waals surface area contributed by atoms with Crippen molar-refractivity contribution in [2.45, 2.75) is 19.8 Å². The molecule has 2 aromatic rings. The average molecular weight is 485 g/mol. The molecule has 0 spiro atoms. The van der Waals surface area contributed by atoms with Crippen LogP contribution in [0.25, 0.3) is 0 Å². The average Bonchev–Trinajstić information content (AvgIpc) is 2.68. The summed E-state index contributed by atoms with van der Waals surface area (Å²) in [5, 5.41) is 2.99. The Morgan fingerprint density at radius 2 is 1.82 bits per heavy atom. The van der Waals surface area contributed by atoms with Crippen LogP contribution in [0.3, 0.4) is 0 Å². The Hall–Kier alpha value is -2.16. The van der Waals surface area contributed by atoms with Gasteiger partial charge in [-0.2, -0.15) is 0 Å². The van der Waals surface area contributed by atoms with Gasteiger partial charge in [-0.1, -0.05) is 40.9 Å². The minimum atomic E-state index is -0.453. The summed E-state index contributed by atoms with van der Waals surface area (Å²) >= 11 is 14.2. The highest BCUT2D eigenvalue weighted by molar-refractivity contribution is 9.10. The van der Waals surface area contributed by atoms with Gasteiger partial charge in [0.05, 0.1) is 12.2 Å². The van der Waals surface area contributed by atoms with Crippen LogP contribution in [0.15, 0.2) is 46.9 Å². The molecule has 0 saturated carbocycles. The van der Waals surface area contributed by atoms with Crippen LogP contribution in [-0.2, 0) is 0 Å². The molecular weight excluding hydrogens is 466 g/mol. The van der Waals surface area contributed by atoms with E-state index in [-0.39, 0.29) is 5.11 Å². The normalized spacial score (nSPS) is 10.1. The highest BCUT2D eigenvalue weighted by Crippen LogP contribution is 2.23. The van der Waals surface area contributed by atoms with Gasteiger partial charge in [-0.15, -0.1) is 0 Å². The first-order chi connectivity index (χ1) is 13.4. The molecule has 0 aliphatic carbocycles. The standard InChI is InChI=1S/C19H19BrClN3O3S/c1-2-3-10-27-16-9-6-13(20)11-15(16)18(26)22-19(28)24-23-17(25)12-4-7-14(21)8-5-12/h4-9,11H,2-3,10H2,1H3,(H,23,25)(H2,22,24,26,28). The van der Waals surface area contributed by atoms with Gasteiger partial charge in [-0.3, -0.25) is 25.8 Å². The van der Waals surface area contributed by atoms with Crippen LogP contribution in [0.4, 0.5) is 0 Å². The molecule has 0 fully saturated rings. The topological polar surface area (TPSA) is 79.5 Å². The molecule has 3 N–H and O–H groups in total. The van der Waals surface area contributed by atoms with Crippen molar-refractivity contribution in [3.05, 3.63) is 63.1 Å². The van der Waals surface area contributed by atoms with E-state index in [1.54, 1.807) is 42.5 Å². The summed E-state index contributed by atoms with van der Waals surface area (Å²) in [4.78, 5) is 24.6. The summed E-state index contributed by atoms with van der Waals surface area (Å²) in [7, 11) is 0. The Morgan fingerprint density at radius 3 is 2.50 bits per heavy atom. The molecule has 0 bridgehead atoms. The van der Waals surface area contributed by atoms with Crippen LogP contribution in [0, 0.1) is 0 Å². The number of carbonyl (C=O) groups is 2. The van der Waals surface area contributed by atoms with Crippen LogP contribution >= 0.6 is 39.7 Å². The fourth-order valence-electron chi connectivity index (χ4n) is 2.12. The van der Waals surface area contributed by atoms with E-state index in [0.29, 0.717) is 28.5 Å². The summed E-state index contributed by atoms with van der Waals surface area (Å²) in [6, 6.07) is 11.5. The molecule has 0 aliphatic rings. The number of ether oxygens (including phenoxy) is 1. The van der Waals surface area contributed by atoms with Gasteiger partial charge in [-0.25, -0.2) is 0 Å². The molecule has 2 aromatic carbocycles. The van der Waals surface area contributed by atoms with Crippen molar-refractivity contribution in [1.29, 1.82) is 0 Å². The number of hydrogen-bond acceptors (Lipinski definition) is 4. The predicted octanol–water partition coefficient (Wildman–Crippen LogP) is 4.23. The molecule has 28 heavy (non-hydrogen) atoms. The number of halogens is 2. The number of nitrogens with one attached hydrogen (secondary N) is 3. The van der Waals surface area contributed by atoms with E-state index in [0.717, 1.165) is 17.3 Å². The molecule has 0 radical (unpaired) electrons. The Morgan fingerprint density at radius 1 is 1.11 bits per heavy atom. The zero-order chi connectivity index (χ0) is 20.5. The van der Waals surface area contributed by atoms with E-state index in [1.807, 2.05) is 0 Å². The van der Waals surface area contributed by atoms with Crippen molar-refractivity contribution in [3.8, 4) is 5.75 Å². The first kappa shape index (κ1) is 22.1. The number of unbranched alkanes of at least 4 members (excludes halogenated alkanes) is 1. The zero-order valence-corrected chi connectivity index (χ0v) is 18.2. The molecule has 2 amide bonds. The number of benzene rings is 2. The van der Waals surface area contributed by atoms with Crippen LogP contribution < -0.4 is 20.9 Å². The first-order valence-electron chi connectivity index (χ1n) is 8.50. The maximum Gasteiger partial charge on any atom is 0.269 e. The molecule has 0 unspecified atom stereocenters. The van der Waals surface area contributed by atoms with Gasteiger partial charge < -0.3 is 4.74 Å². The third-order valence-corrected chi connectivity index (χ3v) is 4.51. The third kappa shape index (κ3) is 6.78. The van der Waals surface area contributed by atoms with Gasteiger partial charge in [0, 0.05) is 15.1 Å². The van der Waals surface area contributed by atoms with Gasteiger partial charge in [0.25, 0.3) is 11.8 Å². The SMILES string of the molecule is CCCCOc1ccc(Br)cc1C(=O)NC(=S)NNC(=O)c1ccc(Cl)cc1. The van der Waals surface area contributed by atoms with Gasteiger partial charge >= 0.3 is 0 Å². The Balaban J connectivity index is 1.94. The largest absolute Gasteiger partial charge is 0.493 e. The number of amides is 2. The van der Waals surface area contributed by atoms with Crippen molar-refractivity contribution >= 4 is 56.7 Å². The fraction of sp³-hybridized carbons (Fsp3) is 0.211. The number of hydrogen-bond donors (Lipinski definition) is 3. The van der Waals surface area contributed by atoms with Crippen LogP contribution in [0.5, 0.6) is 5.75 Å². The lowest BCUT2D eigenvalue weighted by molar-refractivity contribution is 0.0933. The van der Waals surface area contributed by atoms with Crippen LogP contribution in [-0.4, -0.2) is 23.5 Å². The summed E-state index contributed by atoms with van der Waals surface area (Å²) in [6.07, 6.45) is 1.87. The third-order valence-electron chi connectivity index (χ3n) is 3.56. The maximum absolute atomic E-state index is 12.5. The summed E-state index contributed by atoms with van der Waals surface area (Å²) < 4.78 is 6.41. The lowest BCUT2D eigenvalue weighted by Gasteiger charge is -2.14. The second-order valence-corrected chi connectivity index (χ2v) is 7.47. The monoisotopic (exact) mass is 483 g/mol. The second-order valence-electron chi connectivity index (χ2n) is 5.71. The van der Waals surface area contributed by atoms with E-state index in [4.69, 9.17) is 28.6 Å². The highest BCUT2D eigenvalue weighted by Gasteiger charge is 2.15. The van der Waals surface area contributed by atoms with E-state index in [9.17, 15) is 9.59 Å². The summed E-state index contributed by atoms with van der Waals surface area (Å²) in [6.45, 7) is 2.57. The van der Waals surface area contributed by atoms with Crippen LogP contribution in [0.1, 0.15) is 40.5 Å². The molecule has 0 aromatic heterocycles. The Bertz CT molecular complexity index is 862. The second kappa shape index (κ2) is 11.0. The highest BCUT2D eigenvalue weighted by atomic mass is 79.9. The lowest BCUT2D eigenvalue weighted by atomic mass is 10.2. The van der Waals surface area contributed by atoms with Crippen LogP contribution in [0.2, 0.25) is 5.02 Å². The van der Waals surface area contributed by atoms with Gasteiger partial charge in [0.1, 0.15) is 5.75 Å². The van der Waals surface area contributed by atoms with Crippen molar-refractivity contribution in [2.75, 3.05) is 6.61 Å². The minimum Gasteiger partial charge on any atom is -0.493 e. The van der Waals surface area contributed by atoms with Crippen molar-refractivity contribution in [2.24, 2.45) is 0 Å². The van der Waals surface area contributed by atoms with E-state index in [1.165, 1.54) is 0 Å². The van der Waals surface area contributed by atoms with Crippen molar-refractivity contribution in [3.63, 3.8) is 0 Å². The Labute approximate surface area is 182 Å². The first-order valence-corrected chi connectivity index (χ1v) is 10.1. The number of carbonyl (C=O) groups excluding carboxylic acids is 2. The van der Waals surface area contributed by atoms with E-state index < -0.39 is 11.8 Å². The molecule has 0 saturated heterocycles. The maximum atomic E-state index is 12.5. The molecule has 9 heteroatoms.